The number of carboxylic acid groups (broad SMARTS) is 1. The van der Waals surface area contributed by atoms with Crippen molar-refractivity contribution in [1.29, 1.82) is 0 Å². The van der Waals surface area contributed by atoms with E-state index in [-0.39, 0.29) is 5.56 Å². The number of carbonyl (C=O) groups is 3. The summed E-state index contributed by atoms with van der Waals surface area (Å²) in [5.74, 6) is -3.16. The standard InChI is InChI=1S/C16H18N2O7S/c1-16(2)11(15(22)23)18-13(21)9(14(18)26(16,24)25)17-12(20)10(19)8-6-4-3-5-7-8/h3-7,9-11,14,19H,1-2H3,(H,17,20)(H,22,23)/t9?,10-,11+,14-/m1/s1. The van der Waals surface area contributed by atoms with Crippen molar-refractivity contribution in [3.8, 4) is 0 Å². The van der Waals surface area contributed by atoms with Crippen molar-refractivity contribution >= 4 is 27.6 Å². The molecular formula is C16H18N2O7S. The maximum Gasteiger partial charge on any atom is 0.328 e. The number of benzene rings is 1. The largest absolute Gasteiger partial charge is 0.480 e. The Hall–Kier alpha value is -2.46. The molecule has 2 aliphatic rings. The SMILES string of the molecule is CC1(C)[C@H](C(=O)O)N2C(=O)C(NC(=O)[C@H](O)c3ccccc3)[C@H]2S1(=O)=O. The quantitative estimate of drug-likeness (QED) is 0.569. The van der Waals surface area contributed by atoms with Crippen LogP contribution in [0.1, 0.15) is 25.5 Å². The van der Waals surface area contributed by atoms with Gasteiger partial charge in [0, 0.05) is 0 Å². The van der Waals surface area contributed by atoms with Gasteiger partial charge in [0.05, 0.1) is 0 Å². The number of hydrogen-bond donors (Lipinski definition) is 3. The van der Waals surface area contributed by atoms with Crippen LogP contribution in [0, 0.1) is 0 Å². The molecule has 2 amide bonds. The van der Waals surface area contributed by atoms with Gasteiger partial charge in [0.1, 0.15) is 16.8 Å². The monoisotopic (exact) mass is 382 g/mol. The Labute approximate surface area is 149 Å². The highest BCUT2D eigenvalue weighted by Crippen LogP contribution is 2.46. The van der Waals surface area contributed by atoms with Crippen molar-refractivity contribution < 1.29 is 33.0 Å². The maximum absolute atomic E-state index is 12.7. The second kappa shape index (κ2) is 5.78. The summed E-state index contributed by atoms with van der Waals surface area (Å²) in [5, 5.41) is 20.2. The zero-order valence-corrected chi connectivity index (χ0v) is 14.8. The van der Waals surface area contributed by atoms with Gasteiger partial charge >= 0.3 is 5.97 Å². The van der Waals surface area contributed by atoms with Crippen LogP contribution < -0.4 is 5.32 Å². The van der Waals surface area contributed by atoms with E-state index in [1.807, 2.05) is 0 Å². The number of β-lactam (4-membered cyclic amide) rings is 1. The zero-order chi connectivity index (χ0) is 19.4. The first-order valence-corrected chi connectivity index (χ1v) is 9.38. The number of carbonyl (C=O) groups excluding carboxylic acids is 2. The molecule has 3 N–H and O–H groups in total. The van der Waals surface area contributed by atoms with Gasteiger partial charge in [-0.2, -0.15) is 0 Å². The van der Waals surface area contributed by atoms with Gasteiger partial charge in [-0.05, 0) is 19.4 Å². The third kappa shape index (κ3) is 2.32. The second-order valence-corrected chi connectivity index (χ2v) is 9.45. The van der Waals surface area contributed by atoms with E-state index in [0.29, 0.717) is 0 Å². The zero-order valence-electron chi connectivity index (χ0n) is 14.0. The molecule has 1 aromatic rings. The molecular weight excluding hydrogens is 364 g/mol. The average Bonchev–Trinajstić information content (AvgIpc) is 2.73. The first-order valence-electron chi connectivity index (χ1n) is 7.83. The molecule has 10 heteroatoms. The summed E-state index contributed by atoms with van der Waals surface area (Å²) in [6.07, 6.45) is -1.58. The molecule has 2 heterocycles. The molecule has 0 aliphatic carbocycles. The fourth-order valence-corrected chi connectivity index (χ4v) is 5.67. The molecule has 0 aromatic heterocycles. The van der Waals surface area contributed by atoms with Crippen molar-refractivity contribution in [2.45, 2.75) is 42.2 Å². The van der Waals surface area contributed by atoms with Gasteiger partial charge in [-0.3, -0.25) is 9.59 Å². The fourth-order valence-electron chi connectivity index (χ4n) is 3.46. The molecule has 2 saturated heterocycles. The Morgan fingerprint density at radius 3 is 2.35 bits per heavy atom. The van der Waals surface area contributed by atoms with Gasteiger partial charge in [0.25, 0.3) is 5.91 Å². The van der Waals surface area contributed by atoms with Crippen molar-refractivity contribution in [2.75, 3.05) is 0 Å². The van der Waals surface area contributed by atoms with Crippen LogP contribution in [0.3, 0.4) is 0 Å². The summed E-state index contributed by atoms with van der Waals surface area (Å²) < 4.78 is 23.7. The molecule has 9 nitrogen and oxygen atoms in total. The van der Waals surface area contributed by atoms with Crippen molar-refractivity contribution in [3.05, 3.63) is 35.9 Å². The Morgan fingerprint density at radius 2 is 1.81 bits per heavy atom. The highest BCUT2D eigenvalue weighted by Gasteiger charge is 2.72. The molecule has 2 aliphatic heterocycles. The van der Waals surface area contributed by atoms with E-state index in [1.54, 1.807) is 18.2 Å². The van der Waals surface area contributed by atoms with E-state index in [2.05, 4.69) is 5.32 Å². The molecule has 1 aromatic carbocycles. The van der Waals surface area contributed by atoms with Crippen LogP contribution in [0.25, 0.3) is 0 Å². The van der Waals surface area contributed by atoms with E-state index in [0.717, 1.165) is 4.90 Å². The van der Waals surface area contributed by atoms with Crippen LogP contribution in [0.15, 0.2) is 30.3 Å². The Kier molecular flexibility index (Phi) is 4.08. The van der Waals surface area contributed by atoms with Gasteiger partial charge in [-0.1, -0.05) is 30.3 Å². The molecule has 26 heavy (non-hydrogen) atoms. The summed E-state index contributed by atoms with van der Waals surface area (Å²) in [7, 11) is -4.05. The third-order valence-electron chi connectivity index (χ3n) is 4.96. The number of hydrogen-bond acceptors (Lipinski definition) is 6. The van der Waals surface area contributed by atoms with Crippen LogP contribution in [0.5, 0.6) is 0 Å². The first kappa shape index (κ1) is 18.3. The third-order valence-corrected chi connectivity index (χ3v) is 7.79. The first-order chi connectivity index (χ1) is 12.0. The molecule has 0 bridgehead atoms. The highest BCUT2D eigenvalue weighted by atomic mass is 32.2. The number of aliphatic hydroxyl groups excluding tert-OH is 1. The van der Waals surface area contributed by atoms with Crippen LogP contribution in [-0.2, 0) is 24.2 Å². The molecule has 0 spiro atoms. The summed E-state index contributed by atoms with van der Waals surface area (Å²) in [5.41, 5.74) is 0.284. The minimum absolute atomic E-state index is 0.284. The Balaban J connectivity index is 1.85. The van der Waals surface area contributed by atoms with Crippen LogP contribution in [0.4, 0.5) is 0 Å². The topological polar surface area (TPSA) is 141 Å². The summed E-state index contributed by atoms with van der Waals surface area (Å²) >= 11 is 0. The highest BCUT2D eigenvalue weighted by molar-refractivity contribution is 7.94. The second-order valence-electron chi connectivity index (χ2n) is 6.82. The van der Waals surface area contributed by atoms with Crippen molar-refractivity contribution in [1.82, 2.24) is 10.2 Å². The molecule has 0 saturated carbocycles. The predicted octanol–water partition coefficient (Wildman–Crippen LogP) is -0.967. The fraction of sp³-hybridized carbons (Fsp3) is 0.438. The Morgan fingerprint density at radius 1 is 1.23 bits per heavy atom. The lowest BCUT2D eigenvalue weighted by atomic mass is 9.96. The predicted molar refractivity (Wildman–Crippen MR) is 88.4 cm³/mol. The average molecular weight is 382 g/mol. The number of aliphatic carboxylic acids is 1. The Bertz CT molecular complexity index is 881. The lowest BCUT2D eigenvalue weighted by Crippen LogP contribution is -2.72. The molecule has 140 valence electrons. The molecule has 1 unspecified atom stereocenters. The lowest BCUT2D eigenvalue weighted by Gasteiger charge is -2.42. The number of sulfone groups is 1. The van der Waals surface area contributed by atoms with Crippen LogP contribution in [0.2, 0.25) is 0 Å². The number of rotatable bonds is 4. The van der Waals surface area contributed by atoms with E-state index in [1.165, 1.54) is 26.0 Å². The number of carboxylic acids is 1. The van der Waals surface area contributed by atoms with E-state index >= 15 is 0 Å². The summed E-state index contributed by atoms with van der Waals surface area (Å²) in [4.78, 5) is 36.8. The lowest BCUT2D eigenvalue weighted by molar-refractivity contribution is -0.161. The number of nitrogens with zero attached hydrogens (tertiary/aromatic N) is 1. The van der Waals surface area contributed by atoms with E-state index in [4.69, 9.17) is 0 Å². The number of amides is 2. The van der Waals surface area contributed by atoms with Crippen LogP contribution >= 0.6 is 0 Å². The van der Waals surface area contributed by atoms with Crippen LogP contribution in [-0.4, -0.2) is 63.5 Å². The summed E-state index contributed by atoms with van der Waals surface area (Å²) in [6, 6.07) is 4.99. The van der Waals surface area contributed by atoms with Gasteiger partial charge in [-0.15, -0.1) is 0 Å². The van der Waals surface area contributed by atoms with Crippen molar-refractivity contribution in [2.24, 2.45) is 0 Å². The van der Waals surface area contributed by atoms with E-state index in [9.17, 15) is 33.0 Å². The van der Waals surface area contributed by atoms with Gasteiger partial charge in [-0.25, -0.2) is 13.2 Å². The van der Waals surface area contributed by atoms with Gasteiger partial charge in [0.15, 0.2) is 21.3 Å². The van der Waals surface area contributed by atoms with Gasteiger partial charge in [0.2, 0.25) is 5.91 Å². The number of aliphatic hydroxyl groups is 1. The number of fused-ring (bicyclic) bond motifs is 1. The maximum atomic E-state index is 12.7. The normalized spacial score (nSPS) is 29.4. The van der Waals surface area contributed by atoms with Crippen molar-refractivity contribution in [3.63, 3.8) is 0 Å². The minimum atomic E-state index is -4.05. The summed E-state index contributed by atoms with van der Waals surface area (Å²) in [6.45, 7) is 2.48. The van der Waals surface area contributed by atoms with Gasteiger partial charge < -0.3 is 20.4 Å². The molecule has 0 radical (unpaired) electrons. The minimum Gasteiger partial charge on any atom is -0.480 e. The van der Waals surface area contributed by atoms with E-state index < -0.39 is 55.9 Å². The molecule has 2 fully saturated rings. The smallest absolute Gasteiger partial charge is 0.328 e. The number of nitrogens with one attached hydrogen (secondary N) is 1. The molecule has 4 atom stereocenters. The molecule has 3 rings (SSSR count).